The number of amides is 1. The van der Waals surface area contributed by atoms with Gasteiger partial charge in [0.25, 0.3) is 5.91 Å². The van der Waals surface area contributed by atoms with Crippen molar-refractivity contribution in [2.45, 2.75) is 44.6 Å². The summed E-state index contributed by atoms with van der Waals surface area (Å²) in [6, 6.07) is 18.4. The molecule has 4 aromatic rings. The van der Waals surface area contributed by atoms with Gasteiger partial charge in [0.2, 0.25) is 11.9 Å². The molecule has 0 aliphatic carbocycles. The fourth-order valence-corrected chi connectivity index (χ4v) is 4.86. The van der Waals surface area contributed by atoms with E-state index in [-0.39, 0.29) is 30.0 Å². The summed E-state index contributed by atoms with van der Waals surface area (Å²) in [5.41, 5.74) is 2.28. The third-order valence-electron chi connectivity index (χ3n) is 7.19. The molecular formula is C32H30F6N6O2. The summed E-state index contributed by atoms with van der Waals surface area (Å²) < 4.78 is 82.4. The number of anilines is 3. The van der Waals surface area contributed by atoms with Crippen molar-refractivity contribution in [3.05, 3.63) is 89.5 Å². The molecule has 1 aliphatic rings. The van der Waals surface area contributed by atoms with Crippen LogP contribution in [-0.4, -0.2) is 51.6 Å². The number of nitrogens with zero attached hydrogens (tertiary/aromatic N) is 4. The number of hydrogen-bond donors (Lipinski definition) is 2. The molecule has 0 bridgehead atoms. The molecule has 242 valence electrons. The quantitative estimate of drug-likeness (QED) is 0.179. The van der Waals surface area contributed by atoms with Crippen LogP contribution < -0.4 is 15.4 Å². The van der Waals surface area contributed by atoms with Crippen molar-refractivity contribution in [1.82, 2.24) is 19.9 Å². The van der Waals surface area contributed by atoms with Crippen molar-refractivity contribution in [3.63, 3.8) is 0 Å². The predicted molar refractivity (Wildman–Crippen MR) is 160 cm³/mol. The Hall–Kier alpha value is -4.88. The number of likely N-dealkylation sites (tertiary alicyclic amines) is 1. The van der Waals surface area contributed by atoms with Gasteiger partial charge in [-0.3, -0.25) is 4.79 Å². The topological polar surface area (TPSA) is 92.3 Å². The minimum atomic E-state index is -4.67. The summed E-state index contributed by atoms with van der Waals surface area (Å²) in [6.45, 7) is 0.0376. The van der Waals surface area contributed by atoms with E-state index in [0.717, 1.165) is 67.6 Å². The zero-order valence-corrected chi connectivity index (χ0v) is 24.5. The molecule has 3 aromatic carbocycles. The maximum Gasteiger partial charge on any atom is 0.422 e. The lowest BCUT2D eigenvalue weighted by Gasteiger charge is -2.20. The highest BCUT2D eigenvalue weighted by Crippen LogP contribution is 2.31. The van der Waals surface area contributed by atoms with Crippen LogP contribution in [0.5, 0.6) is 6.01 Å². The first kappa shape index (κ1) is 32.5. The average molecular weight is 645 g/mol. The van der Waals surface area contributed by atoms with Crippen molar-refractivity contribution in [1.29, 1.82) is 0 Å². The van der Waals surface area contributed by atoms with Crippen LogP contribution in [0.15, 0.2) is 72.8 Å². The standard InChI is InChI=1S/C32H30F6N6O2/c33-31(34,35)20-46-30-42-28(41-29(43-30)40-26-7-5-6-25(18-26)32(36,37)38)39-19-21-8-10-22(11-9-21)23-12-14-24(15-13-23)27(45)44-16-3-1-2-4-17-44/h5-15,18H,1-4,16-17,19-20H2,(H2,39,40,41,42,43). The van der Waals surface area contributed by atoms with Gasteiger partial charge < -0.3 is 20.3 Å². The summed E-state index contributed by atoms with van der Waals surface area (Å²) in [6.07, 6.45) is -4.95. The van der Waals surface area contributed by atoms with E-state index in [9.17, 15) is 31.1 Å². The van der Waals surface area contributed by atoms with Gasteiger partial charge in [-0.1, -0.05) is 55.3 Å². The molecule has 0 unspecified atom stereocenters. The summed E-state index contributed by atoms with van der Waals surface area (Å²) in [5.74, 6) is -0.439. The second-order valence-electron chi connectivity index (χ2n) is 10.7. The maximum absolute atomic E-state index is 13.1. The van der Waals surface area contributed by atoms with Crippen LogP contribution in [0.25, 0.3) is 11.1 Å². The first-order chi connectivity index (χ1) is 21.9. The first-order valence-corrected chi connectivity index (χ1v) is 14.6. The molecule has 46 heavy (non-hydrogen) atoms. The van der Waals surface area contributed by atoms with Gasteiger partial charge in [-0.05, 0) is 59.9 Å². The molecule has 1 fully saturated rings. The Morgan fingerprint density at radius 3 is 2.04 bits per heavy atom. The third kappa shape index (κ3) is 9.08. The number of hydrogen-bond acceptors (Lipinski definition) is 7. The molecule has 5 rings (SSSR count). The normalized spacial score (nSPS) is 14.0. The molecule has 0 atom stereocenters. The molecule has 2 N–H and O–H groups in total. The maximum atomic E-state index is 13.1. The van der Waals surface area contributed by atoms with Gasteiger partial charge in [0, 0.05) is 30.9 Å². The monoisotopic (exact) mass is 644 g/mol. The van der Waals surface area contributed by atoms with Crippen molar-refractivity contribution < 1.29 is 35.9 Å². The number of carbonyl (C=O) groups is 1. The van der Waals surface area contributed by atoms with Crippen molar-refractivity contribution in [2.24, 2.45) is 0 Å². The fourth-order valence-electron chi connectivity index (χ4n) is 4.86. The van der Waals surface area contributed by atoms with Gasteiger partial charge in [-0.2, -0.15) is 41.3 Å². The summed E-state index contributed by atoms with van der Waals surface area (Å²) in [4.78, 5) is 26.5. The lowest BCUT2D eigenvalue weighted by molar-refractivity contribution is -0.154. The highest BCUT2D eigenvalue weighted by molar-refractivity contribution is 5.94. The van der Waals surface area contributed by atoms with Crippen LogP contribution in [0.2, 0.25) is 0 Å². The van der Waals surface area contributed by atoms with Gasteiger partial charge in [0.05, 0.1) is 5.56 Å². The van der Waals surface area contributed by atoms with Crippen LogP contribution in [-0.2, 0) is 12.7 Å². The highest BCUT2D eigenvalue weighted by Gasteiger charge is 2.31. The summed E-state index contributed by atoms with van der Waals surface area (Å²) in [7, 11) is 0. The number of ether oxygens (including phenoxy) is 1. The van der Waals surface area contributed by atoms with E-state index >= 15 is 0 Å². The number of aromatic nitrogens is 3. The summed E-state index contributed by atoms with van der Waals surface area (Å²) in [5, 5.41) is 5.45. The van der Waals surface area contributed by atoms with Crippen LogP contribution in [0.1, 0.15) is 47.2 Å². The number of rotatable bonds is 9. The molecule has 8 nitrogen and oxygen atoms in total. The second kappa shape index (κ2) is 14.0. The van der Waals surface area contributed by atoms with Crippen LogP contribution in [0, 0.1) is 0 Å². The number of nitrogens with one attached hydrogen (secondary N) is 2. The Kier molecular flexibility index (Phi) is 9.93. The Morgan fingerprint density at radius 2 is 1.41 bits per heavy atom. The van der Waals surface area contributed by atoms with E-state index in [4.69, 9.17) is 0 Å². The van der Waals surface area contributed by atoms with Crippen molar-refractivity contribution in [2.75, 3.05) is 30.3 Å². The van der Waals surface area contributed by atoms with Gasteiger partial charge >= 0.3 is 18.4 Å². The molecule has 0 radical (unpaired) electrons. The number of alkyl halides is 6. The third-order valence-corrected chi connectivity index (χ3v) is 7.19. The first-order valence-electron chi connectivity index (χ1n) is 14.6. The largest absolute Gasteiger partial charge is 0.454 e. The van der Waals surface area contributed by atoms with E-state index in [0.29, 0.717) is 5.56 Å². The zero-order chi connectivity index (χ0) is 32.7. The van der Waals surface area contributed by atoms with Crippen molar-refractivity contribution in [3.8, 4) is 17.1 Å². The Balaban J connectivity index is 1.26. The minimum Gasteiger partial charge on any atom is -0.454 e. The molecule has 1 aliphatic heterocycles. The lowest BCUT2D eigenvalue weighted by atomic mass is 10.0. The molecule has 0 spiro atoms. The van der Waals surface area contributed by atoms with Crippen LogP contribution in [0.4, 0.5) is 43.9 Å². The second-order valence-corrected chi connectivity index (χ2v) is 10.7. The number of benzene rings is 3. The van der Waals surface area contributed by atoms with Gasteiger partial charge in [0.15, 0.2) is 6.61 Å². The predicted octanol–water partition coefficient (Wildman–Crippen LogP) is 7.87. The Labute approximate surface area is 260 Å². The lowest BCUT2D eigenvalue weighted by Crippen LogP contribution is -2.31. The van der Waals surface area contributed by atoms with E-state index in [1.807, 2.05) is 53.4 Å². The Bertz CT molecular complexity index is 1620. The minimum absolute atomic E-state index is 0.0355. The van der Waals surface area contributed by atoms with E-state index in [2.05, 4.69) is 30.3 Å². The van der Waals surface area contributed by atoms with E-state index < -0.39 is 30.5 Å². The molecule has 2 heterocycles. The summed E-state index contributed by atoms with van der Waals surface area (Å²) >= 11 is 0. The molecule has 1 amide bonds. The smallest absolute Gasteiger partial charge is 0.422 e. The van der Waals surface area contributed by atoms with Gasteiger partial charge in [-0.15, -0.1) is 0 Å². The molecule has 0 saturated carbocycles. The highest BCUT2D eigenvalue weighted by atomic mass is 19.4. The number of halogens is 6. The number of carbonyl (C=O) groups excluding carboxylic acids is 1. The molecule has 14 heteroatoms. The fraction of sp³-hybridized carbons (Fsp3) is 0.312. The Morgan fingerprint density at radius 1 is 0.783 bits per heavy atom. The average Bonchev–Trinajstić information content (AvgIpc) is 3.32. The SMILES string of the molecule is O=C(c1ccc(-c2ccc(CNc3nc(Nc4cccc(C(F)(F)F)c4)nc(OCC(F)(F)F)n3)cc2)cc1)N1CCCCCC1. The van der Waals surface area contributed by atoms with Gasteiger partial charge in [-0.25, -0.2) is 0 Å². The van der Waals surface area contributed by atoms with Crippen molar-refractivity contribution >= 4 is 23.5 Å². The molecular weight excluding hydrogens is 614 g/mol. The molecule has 1 aromatic heterocycles. The van der Waals surface area contributed by atoms with Crippen LogP contribution in [0.3, 0.4) is 0 Å². The van der Waals surface area contributed by atoms with Gasteiger partial charge in [0.1, 0.15) is 0 Å². The van der Waals surface area contributed by atoms with Crippen LogP contribution >= 0.6 is 0 Å². The van der Waals surface area contributed by atoms with E-state index in [1.54, 1.807) is 0 Å². The molecule has 1 saturated heterocycles. The zero-order valence-electron chi connectivity index (χ0n) is 24.5. The van der Waals surface area contributed by atoms with E-state index in [1.165, 1.54) is 12.1 Å².